The molecule has 0 aromatic heterocycles. The SMILES string of the molecule is CCCc1cc(-c2ccc(C(=N)N)cc2)ccc1OCCOc1cccc(C(F)F)c1. The molecule has 3 aromatic rings. The summed E-state index contributed by atoms with van der Waals surface area (Å²) in [5.74, 6) is 1.24. The average Bonchev–Trinajstić information content (AvgIpc) is 2.78. The lowest BCUT2D eigenvalue weighted by molar-refractivity contribution is 0.150. The van der Waals surface area contributed by atoms with Crippen molar-refractivity contribution in [3.05, 3.63) is 83.4 Å². The Hall–Kier alpha value is -3.41. The van der Waals surface area contributed by atoms with Gasteiger partial charge in [-0.2, -0.15) is 0 Å². The molecular formula is C25H26F2N2O2. The normalized spacial score (nSPS) is 10.8. The fourth-order valence-corrected chi connectivity index (χ4v) is 3.26. The zero-order valence-electron chi connectivity index (χ0n) is 17.4. The largest absolute Gasteiger partial charge is 0.490 e. The Bertz CT molecular complexity index is 1020. The molecule has 0 unspecified atom stereocenters. The van der Waals surface area contributed by atoms with Crippen LogP contribution >= 0.6 is 0 Å². The van der Waals surface area contributed by atoms with Gasteiger partial charge in [-0.05, 0) is 47.4 Å². The molecule has 0 fully saturated rings. The minimum Gasteiger partial charge on any atom is -0.490 e. The zero-order valence-corrected chi connectivity index (χ0v) is 17.4. The first-order valence-electron chi connectivity index (χ1n) is 10.2. The molecule has 0 spiro atoms. The number of nitrogen functional groups attached to an aromatic ring is 1. The quantitative estimate of drug-likeness (QED) is 0.239. The van der Waals surface area contributed by atoms with Crippen molar-refractivity contribution in [2.45, 2.75) is 26.2 Å². The highest BCUT2D eigenvalue weighted by Gasteiger charge is 2.09. The number of alkyl halides is 2. The molecule has 0 saturated heterocycles. The Kier molecular flexibility index (Phi) is 7.60. The van der Waals surface area contributed by atoms with E-state index in [0.717, 1.165) is 35.3 Å². The number of ether oxygens (including phenoxy) is 2. The van der Waals surface area contributed by atoms with Crippen LogP contribution in [-0.2, 0) is 6.42 Å². The molecule has 0 aliphatic heterocycles. The summed E-state index contributed by atoms with van der Waals surface area (Å²) >= 11 is 0. The van der Waals surface area contributed by atoms with Crippen molar-refractivity contribution in [1.29, 1.82) is 5.41 Å². The van der Waals surface area contributed by atoms with E-state index in [1.807, 2.05) is 36.4 Å². The van der Waals surface area contributed by atoms with E-state index in [-0.39, 0.29) is 18.0 Å². The zero-order chi connectivity index (χ0) is 22.2. The highest BCUT2D eigenvalue weighted by molar-refractivity contribution is 5.95. The van der Waals surface area contributed by atoms with E-state index in [4.69, 9.17) is 20.6 Å². The number of hydrogen-bond donors (Lipinski definition) is 2. The van der Waals surface area contributed by atoms with Gasteiger partial charge in [0.05, 0.1) is 0 Å². The van der Waals surface area contributed by atoms with Crippen LogP contribution in [0.2, 0.25) is 0 Å². The van der Waals surface area contributed by atoms with Crippen molar-refractivity contribution in [3.8, 4) is 22.6 Å². The van der Waals surface area contributed by atoms with E-state index >= 15 is 0 Å². The molecule has 3 N–H and O–H groups in total. The van der Waals surface area contributed by atoms with Crippen molar-refractivity contribution in [1.82, 2.24) is 0 Å². The summed E-state index contributed by atoms with van der Waals surface area (Å²) in [6, 6.07) is 19.5. The molecule has 0 heterocycles. The summed E-state index contributed by atoms with van der Waals surface area (Å²) in [5.41, 5.74) is 9.35. The number of benzene rings is 3. The van der Waals surface area contributed by atoms with Gasteiger partial charge in [-0.1, -0.05) is 55.8 Å². The summed E-state index contributed by atoms with van der Waals surface area (Å²) in [7, 11) is 0. The van der Waals surface area contributed by atoms with Crippen LogP contribution in [-0.4, -0.2) is 19.0 Å². The van der Waals surface area contributed by atoms with Gasteiger partial charge in [0.25, 0.3) is 6.43 Å². The molecule has 162 valence electrons. The standard InChI is InChI=1S/C25H26F2N2O2/c1-2-4-20-15-19(17-7-9-18(10-8-17)25(28)29)11-12-23(20)31-14-13-30-22-6-3-5-21(16-22)24(26)27/h3,5-12,15-16,24H,2,4,13-14H2,1H3,(H3,28,29). The topological polar surface area (TPSA) is 68.3 Å². The first-order valence-corrected chi connectivity index (χ1v) is 10.2. The second kappa shape index (κ2) is 10.6. The van der Waals surface area contributed by atoms with Crippen LogP contribution in [0, 0.1) is 5.41 Å². The van der Waals surface area contributed by atoms with Crippen LogP contribution in [0.1, 0.15) is 36.5 Å². The Morgan fingerprint density at radius 3 is 2.32 bits per heavy atom. The van der Waals surface area contributed by atoms with E-state index in [2.05, 4.69) is 13.0 Å². The smallest absolute Gasteiger partial charge is 0.263 e. The average molecular weight is 424 g/mol. The van der Waals surface area contributed by atoms with Crippen LogP contribution in [0.3, 0.4) is 0 Å². The van der Waals surface area contributed by atoms with Gasteiger partial charge < -0.3 is 15.2 Å². The first-order chi connectivity index (χ1) is 15.0. The van der Waals surface area contributed by atoms with E-state index < -0.39 is 6.43 Å². The van der Waals surface area contributed by atoms with Gasteiger partial charge in [0.1, 0.15) is 30.5 Å². The monoisotopic (exact) mass is 424 g/mol. The number of aryl methyl sites for hydroxylation is 1. The van der Waals surface area contributed by atoms with Gasteiger partial charge in [-0.15, -0.1) is 0 Å². The molecule has 0 radical (unpaired) electrons. The van der Waals surface area contributed by atoms with Gasteiger partial charge in [0.2, 0.25) is 0 Å². The number of nitrogens with one attached hydrogen (secondary N) is 1. The van der Waals surface area contributed by atoms with Crippen molar-refractivity contribution >= 4 is 5.84 Å². The highest BCUT2D eigenvalue weighted by Crippen LogP contribution is 2.28. The lowest BCUT2D eigenvalue weighted by Gasteiger charge is -2.14. The second-order valence-electron chi connectivity index (χ2n) is 7.13. The lowest BCUT2D eigenvalue weighted by Crippen LogP contribution is -2.10. The number of halogens is 2. The van der Waals surface area contributed by atoms with Crippen molar-refractivity contribution < 1.29 is 18.3 Å². The van der Waals surface area contributed by atoms with E-state index in [9.17, 15) is 8.78 Å². The summed E-state index contributed by atoms with van der Waals surface area (Å²) in [6.07, 6.45) is -0.681. The molecule has 6 heteroatoms. The van der Waals surface area contributed by atoms with Gasteiger partial charge in [0, 0.05) is 11.1 Å². The molecule has 0 atom stereocenters. The molecule has 3 aromatic carbocycles. The summed E-state index contributed by atoms with van der Waals surface area (Å²) in [6.45, 7) is 2.67. The van der Waals surface area contributed by atoms with Crippen molar-refractivity contribution in [3.63, 3.8) is 0 Å². The molecule has 0 aliphatic rings. The summed E-state index contributed by atoms with van der Waals surface area (Å²) in [4.78, 5) is 0. The van der Waals surface area contributed by atoms with Crippen LogP contribution in [0.25, 0.3) is 11.1 Å². The lowest BCUT2D eigenvalue weighted by atomic mass is 9.99. The number of amidine groups is 1. The first kappa shape index (κ1) is 22.3. The minimum atomic E-state index is -2.52. The van der Waals surface area contributed by atoms with E-state index in [0.29, 0.717) is 17.9 Å². The predicted molar refractivity (Wildman–Crippen MR) is 119 cm³/mol. The molecule has 0 aliphatic carbocycles. The molecule has 3 rings (SSSR count). The van der Waals surface area contributed by atoms with Gasteiger partial charge in [-0.3, -0.25) is 5.41 Å². The predicted octanol–water partition coefficient (Wildman–Crippen LogP) is 5.99. The molecule has 0 bridgehead atoms. The summed E-state index contributed by atoms with van der Waals surface area (Å²) < 4.78 is 37.0. The third-order valence-corrected chi connectivity index (χ3v) is 4.83. The van der Waals surface area contributed by atoms with Crippen LogP contribution in [0.5, 0.6) is 11.5 Å². The van der Waals surface area contributed by atoms with Gasteiger partial charge in [0.15, 0.2) is 0 Å². The van der Waals surface area contributed by atoms with Crippen LogP contribution in [0.4, 0.5) is 8.78 Å². The molecule has 0 saturated carbocycles. The molecule has 31 heavy (non-hydrogen) atoms. The maximum Gasteiger partial charge on any atom is 0.263 e. The van der Waals surface area contributed by atoms with Crippen molar-refractivity contribution in [2.24, 2.45) is 5.73 Å². The Morgan fingerprint density at radius 2 is 1.65 bits per heavy atom. The highest BCUT2D eigenvalue weighted by atomic mass is 19.3. The maximum absolute atomic E-state index is 12.8. The number of rotatable bonds is 10. The third kappa shape index (κ3) is 6.04. The molecule has 4 nitrogen and oxygen atoms in total. The van der Waals surface area contributed by atoms with Crippen LogP contribution in [0.15, 0.2) is 66.7 Å². The second-order valence-corrected chi connectivity index (χ2v) is 7.13. The van der Waals surface area contributed by atoms with Crippen LogP contribution < -0.4 is 15.2 Å². The fourth-order valence-electron chi connectivity index (χ4n) is 3.26. The maximum atomic E-state index is 12.8. The number of nitrogens with two attached hydrogens (primary N) is 1. The minimum absolute atomic E-state index is 0.0464. The summed E-state index contributed by atoms with van der Waals surface area (Å²) in [5, 5.41) is 7.51. The Balaban J connectivity index is 1.64. The van der Waals surface area contributed by atoms with Crippen molar-refractivity contribution in [2.75, 3.05) is 13.2 Å². The number of hydrogen-bond acceptors (Lipinski definition) is 3. The Morgan fingerprint density at radius 1 is 0.935 bits per heavy atom. The van der Waals surface area contributed by atoms with Gasteiger partial charge in [-0.25, -0.2) is 8.78 Å². The van der Waals surface area contributed by atoms with E-state index in [1.165, 1.54) is 12.1 Å². The van der Waals surface area contributed by atoms with Gasteiger partial charge >= 0.3 is 0 Å². The van der Waals surface area contributed by atoms with E-state index in [1.54, 1.807) is 12.1 Å². The molecule has 0 amide bonds. The third-order valence-electron chi connectivity index (χ3n) is 4.83. The fraction of sp³-hybridized carbons (Fsp3) is 0.240. The molecular weight excluding hydrogens is 398 g/mol. The Labute approximate surface area is 181 Å².